The first-order valence-electron chi connectivity index (χ1n) is 6.36. The van der Waals surface area contributed by atoms with Crippen LogP contribution in [-0.4, -0.2) is 14.3 Å². The van der Waals surface area contributed by atoms with Gasteiger partial charge in [0.25, 0.3) is 10.0 Å². The molecule has 0 bridgehead atoms. The molecule has 0 aliphatic carbocycles. The van der Waals surface area contributed by atoms with Crippen LogP contribution in [0.1, 0.15) is 11.1 Å². The standard InChI is InChI=1S/C15H15BrClNO2S/c1-11-2-7-15(14(16)10-11)18-21(19,20)13-5-3-12(4-6-13)8-9-17/h2-7,10,18H,8-9H2,1H3. The first kappa shape index (κ1) is 16.3. The Morgan fingerprint density at radius 1 is 1.14 bits per heavy atom. The van der Waals surface area contributed by atoms with Gasteiger partial charge < -0.3 is 0 Å². The lowest BCUT2D eigenvalue weighted by molar-refractivity contribution is 0.601. The number of hydrogen-bond donors (Lipinski definition) is 1. The van der Waals surface area contributed by atoms with Crippen molar-refractivity contribution in [3.8, 4) is 0 Å². The fraction of sp³-hybridized carbons (Fsp3) is 0.200. The van der Waals surface area contributed by atoms with Crippen molar-refractivity contribution in [2.24, 2.45) is 0 Å². The monoisotopic (exact) mass is 387 g/mol. The Balaban J connectivity index is 2.25. The van der Waals surface area contributed by atoms with Gasteiger partial charge in [0.2, 0.25) is 0 Å². The van der Waals surface area contributed by atoms with Crippen LogP contribution in [0.3, 0.4) is 0 Å². The van der Waals surface area contributed by atoms with Crippen molar-refractivity contribution in [1.82, 2.24) is 0 Å². The summed E-state index contributed by atoms with van der Waals surface area (Å²) in [5, 5.41) is 0. The molecule has 21 heavy (non-hydrogen) atoms. The third-order valence-corrected chi connectivity index (χ3v) is 5.21. The molecular formula is C15H15BrClNO2S. The summed E-state index contributed by atoms with van der Waals surface area (Å²) in [7, 11) is -3.59. The number of alkyl halides is 1. The lowest BCUT2D eigenvalue weighted by atomic mass is 10.2. The number of halogens is 2. The number of nitrogens with one attached hydrogen (secondary N) is 1. The number of aryl methyl sites for hydroxylation is 2. The maximum atomic E-state index is 12.3. The molecule has 0 heterocycles. The van der Waals surface area contributed by atoms with Crippen LogP contribution in [-0.2, 0) is 16.4 Å². The van der Waals surface area contributed by atoms with Gasteiger partial charge in [0.1, 0.15) is 0 Å². The summed E-state index contributed by atoms with van der Waals surface area (Å²) in [6.45, 7) is 1.94. The van der Waals surface area contributed by atoms with E-state index in [9.17, 15) is 8.42 Å². The molecule has 0 unspecified atom stereocenters. The minimum absolute atomic E-state index is 0.230. The molecule has 2 aromatic rings. The summed E-state index contributed by atoms with van der Waals surface area (Å²) in [4.78, 5) is 0.230. The number of benzene rings is 2. The van der Waals surface area contributed by atoms with Crippen LogP contribution >= 0.6 is 27.5 Å². The first-order valence-corrected chi connectivity index (χ1v) is 9.17. The molecule has 2 aromatic carbocycles. The van der Waals surface area contributed by atoms with Crippen LogP contribution in [0.15, 0.2) is 51.8 Å². The SMILES string of the molecule is Cc1ccc(NS(=O)(=O)c2ccc(CCCl)cc2)c(Br)c1. The van der Waals surface area contributed by atoms with Gasteiger partial charge in [-0.05, 0) is 64.7 Å². The predicted octanol–water partition coefficient (Wildman–Crippen LogP) is 4.34. The van der Waals surface area contributed by atoms with Crippen molar-refractivity contribution in [2.75, 3.05) is 10.6 Å². The minimum Gasteiger partial charge on any atom is -0.278 e. The summed E-state index contributed by atoms with van der Waals surface area (Å²) in [6.07, 6.45) is 0.721. The highest BCUT2D eigenvalue weighted by molar-refractivity contribution is 9.10. The van der Waals surface area contributed by atoms with Crippen molar-refractivity contribution >= 4 is 43.2 Å². The summed E-state index contributed by atoms with van der Waals surface area (Å²) in [5.74, 6) is 0.515. The van der Waals surface area contributed by atoms with E-state index in [2.05, 4.69) is 20.7 Å². The van der Waals surface area contributed by atoms with Crippen molar-refractivity contribution < 1.29 is 8.42 Å². The van der Waals surface area contributed by atoms with Crippen molar-refractivity contribution in [3.63, 3.8) is 0 Å². The highest BCUT2D eigenvalue weighted by atomic mass is 79.9. The van der Waals surface area contributed by atoms with Crippen LogP contribution < -0.4 is 4.72 Å². The van der Waals surface area contributed by atoms with E-state index in [1.54, 1.807) is 30.3 Å². The summed E-state index contributed by atoms with van der Waals surface area (Å²) < 4.78 is 28.0. The first-order chi connectivity index (χ1) is 9.92. The molecule has 0 radical (unpaired) electrons. The number of anilines is 1. The predicted molar refractivity (Wildman–Crippen MR) is 90.6 cm³/mol. The second-order valence-electron chi connectivity index (χ2n) is 4.67. The average Bonchev–Trinajstić information content (AvgIpc) is 2.43. The van der Waals surface area contributed by atoms with E-state index in [4.69, 9.17) is 11.6 Å². The third kappa shape index (κ3) is 4.22. The molecule has 0 atom stereocenters. The zero-order valence-electron chi connectivity index (χ0n) is 11.4. The third-order valence-electron chi connectivity index (χ3n) is 2.99. The van der Waals surface area contributed by atoms with Crippen LogP contribution in [0, 0.1) is 6.92 Å². The second kappa shape index (κ2) is 6.81. The van der Waals surface area contributed by atoms with Crippen LogP contribution in [0.2, 0.25) is 0 Å². The van der Waals surface area contributed by atoms with E-state index in [-0.39, 0.29) is 4.90 Å². The molecule has 2 rings (SSSR count). The van der Waals surface area contributed by atoms with E-state index in [1.807, 2.05) is 19.1 Å². The van der Waals surface area contributed by atoms with E-state index < -0.39 is 10.0 Å². The number of sulfonamides is 1. The molecule has 0 saturated carbocycles. The molecule has 0 aliphatic heterocycles. The second-order valence-corrected chi connectivity index (χ2v) is 7.59. The Hall–Kier alpha value is -1.04. The quantitative estimate of drug-likeness (QED) is 0.774. The largest absolute Gasteiger partial charge is 0.278 e. The topological polar surface area (TPSA) is 46.2 Å². The van der Waals surface area contributed by atoms with Gasteiger partial charge >= 0.3 is 0 Å². The summed E-state index contributed by atoms with van der Waals surface area (Å²) in [5.41, 5.74) is 2.58. The van der Waals surface area contributed by atoms with Crippen molar-refractivity contribution in [1.29, 1.82) is 0 Å². The Morgan fingerprint density at radius 3 is 2.38 bits per heavy atom. The summed E-state index contributed by atoms with van der Waals surface area (Å²) >= 11 is 9.03. The van der Waals surface area contributed by atoms with Crippen LogP contribution in [0.5, 0.6) is 0 Å². The molecule has 0 amide bonds. The van der Waals surface area contributed by atoms with Gasteiger partial charge in [-0.3, -0.25) is 4.72 Å². The lowest BCUT2D eigenvalue weighted by Gasteiger charge is -2.10. The molecular weight excluding hydrogens is 374 g/mol. The van der Waals surface area contributed by atoms with Gasteiger partial charge in [0.15, 0.2) is 0 Å². The van der Waals surface area contributed by atoms with Gasteiger partial charge in [-0.25, -0.2) is 8.42 Å². The molecule has 0 saturated heterocycles. The normalized spacial score (nSPS) is 11.4. The zero-order valence-corrected chi connectivity index (χ0v) is 14.6. The zero-order chi connectivity index (χ0) is 15.5. The fourth-order valence-electron chi connectivity index (χ4n) is 1.85. The molecule has 6 heteroatoms. The molecule has 0 spiro atoms. The number of rotatable bonds is 5. The van der Waals surface area contributed by atoms with Gasteiger partial charge in [0.05, 0.1) is 10.6 Å². The maximum Gasteiger partial charge on any atom is 0.261 e. The van der Waals surface area contributed by atoms with Crippen molar-refractivity contribution in [3.05, 3.63) is 58.1 Å². The van der Waals surface area contributed by atoms with Crippen molar-refractivity contribution in [2.45, 2.75) is 18.2 Å². The van der Waals surface area contributed by atoms with Gasteiger partial charge in [-0.15, -0.1) is 11.6 Å². The summed E-state index contributed by atoms with van der Waals surface area (Å²) in [6, 6.07) is 12.2. The lowest BCUT2D eigenvalue weighted by Crippen LogP contribution is -2.13. The Labute approximate surface area is 138 Å². The number of hydrogen-bond acceptors (Lipinski definition) is 2. The molecule has 0 aromatic heterocycles. The highest BCUT2D eigenvalue weighted by Gasteiger charge is 2.15. The Kier molecular flexibility index (Phi) is 5.30. The van der Waals surface area contributed by atoms with E-state index in [1.165, 1.54) is 0 Å². The van der Waals surface area contributed by atoms with Crippen LogP contribution in [0.25, 0.3) is 0 Å². The Bertz CT molecular complexity index is 730. The smallest absolute Gasteiger partial charge is 0.261 e. The van der Waals surface area contributed by atoms with Gasteiger partial charge in [-0.2, -0.15) is 0 Å². The van der Waals surface area contributed by atoms with E-state index in [0.717, 1.165) is 17.5 Å². The highest BCUT2D eigenvalue weighted by Crippen LogP contribution is 2.26. The van der Waals surface area contributed by atoms with Gasteiger partial charge in [-0.1, -0.05) is 18.2 Å². The molecule has 0 fully saturated rings. The van der Waals surface area contributed by atoms with E-state index >= 15 is 0 Å². The fourth-order valence-corrected chi connectivity index (χ4v) is 3.87. The molecule has 3 nitrogen and oxygen atoms in total. The molecule has 112 valence electrons. The molecule has 0 aliphatic rings. The minimum atomic E-state index is -3.59. The Morgan fingerprint density at radius 2 is 1.81 bits per heavy atom. The maximum absolute atomic E-state index is 12.3. The van der Waals surface area contributed by atoms with Crippen LogP contribution in [0.4, 0.5) is 5.69 Å². The average molecular weight is 389 g/mol. The van der Waals surface area contributed by atoms with E-state index in [0.29, 0.717) is 16.0 Å². The molecule has 1 N–H and O–H groups in total. The van der Waals surface area contributed by atoms with Gasteiger partial charge in [0, 0.05) is 10.4 Å².